The quantitative estimate of drug-likeness (QED) is 0.663. The molecule has 2 aromatic rings. The molecule has 0 aliphatic rings. The van der Waals surface area contributed by atoms with Crippen LogP contribution in [0, 0.1) is 0 Å². The highest BCUT2D eigenvalue weighted by atomic mass is 16.3. The second kappa shape index (κ2) is 4.84. The number of carbonyl (C=O) groups excluding carboxylic acids is 1. The summed E-state index contributed by atoms with van der Waals surface area (Å²) in [5, 5.41) is 18.7. The van der Waals surface area contributed by atoms with Crippen LogP contribution < -0.4 is 10.9 Å². The van der Waals surface area contributed by atoms with E-state index < -0.39 is 11.5 Å². The highest BCUT2D eigenvalue weighted by Crippen LogP contribution is 2.22. The second-order valence-corrected chi connectivity index (χ2v) is 5.49. The summed E-state index contributed by atoms with van der Waals surface area (Å²) in [6.45, 7) is 6.04. The predicted octanol–water partition coefficient (Wildman–Crippen LogP) is 1.35. The minimum Gasteiger partial charge on any atom is -0.494 e. The van der Waals surface area contributed by atoms with Crippen molar-refractivity contribution in [2.24, 2.45) is 0 Å². The number of nitrogens with zero attached hydrogens (tertiary/aromatic N) is 1. The third kappa shape index (κ3) is 3.05. The average molecular weight is 276 g/mol. The van der Waals surface area contributed by atoms with E-state index in [9.17, 15) is 14.7 Å². The fourth-order valence-electron chi connectivity index (χ4n) is 1.62. The third-order valence-electron chi connectivity index (χ3n) is 2.72. The maximum absolute atomic E-state index is 11.9. The van der Waals surface area contributed by atoms with Gasteiger partial charge in [-0.25, -0.2) is 0 Å². The number of H-pyrrole nitrogens is 2. The molecule has 0 atom stereocenters. The van der Waals surface area contributed by atoms with Gasteiger partial charge >= 0.3 is 0 Å². The van der Waals surface area contributed by atoms with E-state index in [1.807, 2.05) is 20.8 Å². The predicted molar refractivity (Wildman–Crippen MR) is 74.0 cm³/mol. The van der Waals surface area contributed by atoms with Crippen molar-refractivity contribution in [3.63, 3.8) is 0 Å². The van der Waals surface area contributed by atoms with Gasteiger partial charge in [0.25, 0.3) is 11.5 Å². The van der Waals surface area contributed by atoms with E-state index in [1.165, 1.54) is 6.07 Å². The van der Waals surface area contributed by atoms with Crippen LogP contribution in [0.25, 0.3) is 0 Å². The van der Waals surface area contributed by atoms with Crippen LogP contribution in [-0.2, 0) is 5.41 Å². The van der Waals surface area contributed by atoms with Gasteiger partial charge in [-0.2, -0.15) is 5.10 Å². The molecule has 0 bridgehead atoms. The Bertz CT molecular complexity index is 694. The summed E-state index contributed by atoms with van der Waals surface area (Å²) in [5.74, 6) is -0.516. The third-order valence-corrected chi connectivity index (χ3v) is 2.72. The van der Waals surface area contributed by atoms with Crippen LogP contribution in [0.15, 0.2) is 23.0 Å². The molecule has 2 aromatic heterocycles. The minimum absolute atomic E-state index is 0.0616. The van der Waals surface area contributed by atoms with Gasteiger partial charge in [-0.3, -0.25) is 19.7 Å². The molecule has 0 radical (unpaired) electrons. The highest BCUT2D eigenvalue weighted by Gasteiger charge is 2.18. The van der Waals surface area contributed by atoms with Crippen LogP contribution in [-0.4, -0.2) is 26.2 Å². The molecule has 20 heavy (non-hydrogen) atoms. The van der Waals surface area contributed by atoms with Crippen molar-refractivity contribution in [1.29, 1.82) is 0 Å². The van der Waals surface area contributed by atoms with E-state index in [-0.39, 0.29) is 16.9 Å². The number of amides is 1. The zero-order valence-corrected chi connectivity index (χ0v) is 11.4. The molecule has 106 valence electrons. The number of rotatable bonds is 2. The van der Waals surface area contributed by atoms with Crippen LogP contribution in [0.3, 0.4) is 0 Å². The molecular weight excluding hydrogens is 260 g/mol. The van der Waals surface area contributed by atoms with Gasteiger partial charge in [-0.05, 0) is 0 Å². The van der Waals surface area contributed by atoms with E-state index in [4.69, 9.17) is 0 Å². The Hall–Kier alpha value is -2.57. The number of pyridine rings is 1. The van der Waals surface area contributed by atoms with Crippen molar-refractivity contribution in [2.45, 2.75) is 26.2 Å². The number of aromatic nitrogens is 3. The topological polar surface area (TPSA) is 111 Å². The van der Waals surface area contributed by atoms with Crippen molar-refractivity contribution in [1.82, 2.24) is 15.2 Å². The summed E-state index contributed by atoms with van der Waals surface area (Å²) in [5.41, 5.74) is 0.277. The summed E-state index contributed by atoms with van der Waals surface area (Å²) in [6.07, 6.45) is 0. The minimum atomic E-state index is -0.549. The van der Waals surface area contributed by atoms with Crippen LogP contribution in [0.1, 0.15) is 36.8 Å². The number of carbonyl (C=O) groups is 1. The van der Waals surface area contributed by atoms with Gasteiger partial charge in [0.1, 0.15) is 0 Å². The summed E-state index contributed by atoms with van der Waals surface area (Å²) in [4.78, 5) is 25.3. The molecule has 2 heterocycles. The SMILES string of the molecule is CC(C)(C)c1cc(NC(=O)c2cc(O)[nH]c(=O)c2)n[nH]1. The molecule has 0 fully saturated rings. The fraction of sp³-hybridized carbons (Fsp3) is 0.308. The molecule has 1 amide bonds. The second-order valence-electron chi connectivity index (χ2n) is 5.49. The zero-order chi connectivity index (χ0) is 14.9. The lowest BCUT2D eigenvalue weighted by atomic mass is 9.92. The lowest BCUT2D eigenvalue weighted by Crippen LogP contribution is -2.16. The van der Waals surface area contributed by atoms with E-state index in [0.717, 1.165) is 11.8 Å². The standard InChI is InChI=1S/C13H16N4O3/c1-13(2,3)8-6-9(17-16-8)14-12(20)7-4-10(18)15-11(19)5-7/h4-6H,1-3H3,(H2,15,18,19)(H2,14,16,17,20). The Labute approximate surface area is 115 Å². The Morgan fingerprint density at radius 2 is 2.00 bits per heavy atom. The van der Waals surface area contributed by atoms with Gasteiger partial charge in [-0.1, -0.05) is 20.8 Å². The van der Waals surface area contributed by atoms with Crippen LogP contribution in [0.4, 0.5) is 5.82 Å². The van der Waals surface area contributed by atoms with Crippen molar-refractivity contribution < 1.29 is 9.90 Å². The van der Waals surface area contributed by atoms with E-state index in [1.54, 1.807) is 6.07 Å². The molecule has 0 saturated carbocycles. The molecule has 0 aliphatic heterocycles. The molecule has 0 unspecified atom stereocenters. The van der Waals surface area contributed by atoms with Gasteiger partial charge in [0.05, 0.1) is 5.56 Å². The van der Waals surface area contributed by atoms with E-state index in [2.05, 4.69) is 20.5 Å². The number of aromatic hydroxyl groups is 1. The number of hydrogen-bond donors (Lipinski definition) is 4. The Morgan fingerprint density at radius 1 is 1.30 bits per heavy atom. The van der Waals surface area contributed by atoms with Gasteiger partial charge in [0, 0.05) is 29.3 Å². The largest absolute Gasteiger partial charge is 0.494 e. The van der Waals surface area contributed by atoms with Gasteiger partial charge in [0.2, 0.25) is 0 Å². The summed E-state index contributed by atoms with van der Waals surface area (Å²) in [6, 6.07) is 4.01. The van der Waals surface area contributed by atoms with Gasteiger partial charge in [-0.15, -0.1) is 0 Å². The van der Waals surface area contributed by atoms with E-state index >= 15 is 0 Å². The number of anilines is 1. The smallest absolute Gasteiger partial charge is 0.257 e. The molecule has 4 N–H and O–H groups in total. The van der Waals surface area contributed by atoms with Crippen molar-refractivity contribution in [3.8, 4) is 5.88 Å². The average Bonchev–Trinajstić information content (AvgIpc) is 2.75. The summed E-state index contributed by atoms with van der Waals surface area (Å²) >= 11 is 0. The van der Waals surface area contributed by atoms with Crippen molar-refractivity contribution in [3.05, 3.63) is 39.8 Å². The molecule has 7 nitrogen and oxygen atoms in total. The van der Waals surface area contributed by atoms with E-state index in [0.29, 0.717) is 5.82 Å². The van der Waals surface area contributed by atoms with Gasteiger partial charge < -0.3 is 10.4 Å². The number of hydrogen-bond acceptors (Lipinski definition) is 4. The first-order valence-corrected chi connectivity index (χ1v) is 6.06. The molecule has 0 aliphatic carbocycles. The molecular formula is C13H16N4O3. The highest BCUT2D eigenvalue weighted by molar-refractivity contribution is 6.03. The molecule has 7 heteroatoms. The monoisotopic (exact) mass is 276 g/mol. The first-order chi connectivity index (χ1) is 9.25. The number of nitrogens with one attached hydrogen (secondary N) is 3. The molecule has 0 saturated heterocycles. The Balaban J connectivity index is 2.19. The molecule has 2 rings (SSSR count). The Kier molecular flexibility index (Phi) is 3.35. The maximum Gasteiger partial charge on any atom is 0.257 e. The van der Waals surface area contributed by atoms with Crippen molar-refractivity contribution >= 4 is 11.7 Å². The Morgan fingerprint density at radius 3 is 2.55 bits per heavy atom. The maximum atomic E-state index is 11.9. The molecule has 0 aromatic carbocycles. The first kappa shape index (κ1) is 13.9. The fourth-order valence-corrected chi connectivity index (χ4v) is 1.62. The number of aromatic amines is 2. The van der Waals surface area contributed by atoms with Crippen molar-refractivity contribution in [2.75, 3.05) is 5.32 Å². The van der Waals surface area contributed by atoms with Crippen LogP contribution in [0.2, 0.25) is 0 Å². The van der Waals surface area contributed by atoms with Crippen LogP contribution >= 0.6 is 0 Å². The first-order valence-electron chi connectivity index (χ1n) is 6.06. The normalized spacial score (nSPS) is 11.3. The zero-order valence-electron chi connectivity index (χ0n) is 11.4. The lowest BCUT2D eigenvalue weighted by Gasteiger charge is -2.14. The summed E-state index contributed by atoms with van der Waals surface area (Å²) < 4.78 is 0. The summed E-state index contributed by atoms with van der Waals surface area (Å²) in [7, 11) is 0. The van der Waals surface area contributed by atoms with Crippen LogP contribution in [0.5, 0.6) is 5.88 Å². The lowest BCUT2D eigenvalue weighted by molar-refractivity contribution is 0.102. The van der Waals surface area contributed by atoms with Gasteiger partial charge in [0.15, 0.2) is 11.7 Å². The molecule has 0 spiro atoms.